The lowest BCUT2D eigenvalue weighted by Gasteiger charge is -2.19. The van der Waals surface area contributed by atoms with E-state index >= 15 is 0 Å². The number of nitrogens with zero attached hydrogens (tertiary/aromatic N) is 2. The Labute approximate surface area is 118 Å². The van der Waals surface area contributed by atoms with Crippen LogP contribution in [-0.4, -0.2) is 23.9 Å². The number of carbonyl (C=O) groups excluding carboxylic acids is 1. The number of nitro groups is 1. The standard InChI is InChI=1S/C12H14BrN3O3/c1-12(2)6-15(10(17)5-14)11-8(12)3-7(13)4-9(11)16(18)19/h3-4H,5-6,14H2,1-2H3. The molecule has 0 radical (unpaired) electrons. The summed E-state index contributed by atoms with van der Waals surface area (Å²) in [6.07, 6.45) is 0. The van der Waals surface area contributed by atoms with Crippen molar-refractivity contribution in [1.29, 1.82) is 0 Å². The monoisotopic (exact) mass is 327 g/mol. The molecule has 1 aromatic carbocycles. The number of rotatable bonds is 2. The van der Waals surface area contributed by atoms with Crippen molar-refractivity contribution in [2.75, 3.05) is 18.0 Å². The number of hydrogen-bond acceptors (Lipinski definition) is 4. The zero-order chi connectivity index (χ0) is 14.4. The highest BCUT2D eigenvalue weighted by molar-refractivity contribution is 9.10. The van der Waals surface area contributed by atoms with Gasteiger partial charge in [-0.3, -0.25) is 14.9 Å². The van der Waals surface area contributed by atoms with Gasteiger partial charge in [-0.2, -0.15) is 0 Å². The van der Waals surface area contributed by atoms with E-state index in [0.29, 0.717) is 16.7 Å². The maximum Gasteiger partial charge on any atom is 0.294 e. The van der Waals surface area contributed by atoms with Crippen molar-refractivity contribution in [3.63, 3.8) is 0 Å². The molecule has 0 unspecified atom stereocenters. The van der Waals surface area contributed by atoms with Crippen molar-refractivity contribution in [2.45, 2.75) is 19.3 Å². The number of halogens is 1. The number of anilines is 1. The van der Waals surface area contributed by atoms with E-state index < -0.39 is 4.92 Å². The van der Waals surface area contributed by atoms with Gasteiger partial charge in [-0.1, -0.05) is 29.8 Å². The van der Waals surface area contributed by atoms with Crippen molar-refractivity contribution < 1.29 is 9.72 Å². The van der Waals surface area contributed by atoms with E-state index in [1.54, 1.807) is 0 Å². The summed E-state index contributed by atoms with van der Waals surface area (Å²) in [7, 11) is 0. The van der Waals surface area contributed by atoms with Gasteiger partial charge >= 0.3 is 0 Å². The maximum absolute atomic E-state index is 11.9. The van der Waals surface area contributed by atoms with E-state index in [1.165, 1.54) is 11.0 Å². The Balaban J connectivity index is 2.71. The van der Waals surface area contributed by atoms with Crippen molar-refractivity contribution in [3.8, 4) is 0 Å². The Morgan fingerprint density at radius 1 is 1.58 bits per heavy atom. The molecule has 0 fully saturated rings. The second-order valence-corrected chi connectivity index (χ2v) is 6.06. The third kappa shape index (κ3) is 2.23. The van der Waals surface area contributed by atoms with Gasteiger partial charge in [0.2, 0.25) is 5.91 Å². The molecule has 1 aliphatic rings. The van der Waals surface area contributed by atoms with Crippen LogP contribution in [-0.2, 0) is 10.2 Å². The predicted octanol–water partition coefficient (Wildman–Crippen LogP) is 1.94. The Bertz CT molecular complexity index is 572. The average molecular weight is 328 g/mol. The van der Waals surface area contributed by atoms with Crippen molar-refractivity contribution in [3.05, 3.63) is 32.3 Å². The minimum Gasteiger partial charge on any atom is -0.322 e. The fourth-order valence-electron chi connectivity index (χ4n) is 2.41. The molecule has 7 heteroatoms. The van der Waals surface area contributed by atoms with Gasteiger partial charge in [0.05, 0.1) is 11.5 Å². The fraction of sp³-hybridized carbons (Fsp3) is 0.417. The fourth-order valence-corrected chi connectivity index (χ4v) is 2.85. The molecule has 0 atom stereocenters. The molecule has 0 spiro atoms. The Hall–Kier alpha value is -1.47. The van der Waals surface area contributed by atoms with Gasteiger partial charge in [-0.25, -0.2) is 0 Å². The molecule has 1 aliphatic heterocycles. The lowest BCUT2D eigenvalue weighted by molar-refractivity contribution is -0.384. The number of nitrogens with two attached hydrogens (primary N) is 1. The number of hydrogen-bond donors (Lipinski definition) is 1. The van der Waals surface area contributed by atoms with E-state index in [0.717, 1.165) is 5.56 Å². The first-order valence-electron chi connectivity index (χ1n) is 5.77. The topological polar surface area (TPSA) is 89.5 Å². The van der Waals surface area contributed by atoms with Crippen LogP contribution >= 0.6 is 15.9 Å². The van der Waals surface area contributed by atoms with Crippen LogP contribution in [0.25, 0.3) is 0 Å². The molecular formula is C12H14BrN3O3. The molecule has 0 saturated heterocycles. The van der Waals surface area contributed by atoms with Crippen molar-refractivity contribution in [2.24, 2.45) is 5.73 Å². The summed E-state index contributed by atoms with van der Waals surface area (Å²) in [5, 5.41) is 11.2. The van der Waals surface area contributed by atoms with Crippen LogP contribution in [0.4, 0.5) is 11.4 Å². The minimum absolute atomic E-state index is 0.0725. The molecule has 0 aromatic heterocycles. The molecular weight excluding hydrogens is 314 g/mol. The smallest absolute Gasteiger partial charge is 0.294 e. The molecule has 0 saturated carbocycles. The highest BCUT2D eigenvalue weighted by Gasteiger charge is 2.42. The maximum atomic E-state index is 11.9. The Morgan fingerprint density at radius 3 is 2.74 bits per heavy atom. The SMILES string of the molecule is CC1(C)CN(C(=O)CN)c2c([N+](=O)[O-])cc(Br)cc21. The highest BCUT2D eigenvalue weighted by atomic mass is 79.9. The second kappa shape index (κ2) is 4.57. The third-order valence-electron chi connectivity index (χ3n) is 3.28. The van der Waals surface area contributed by atoms with Crippen LogP contribution in [0.3, 0.4) is 0 Å². The van der Waals surface area contributed by atoms with Crippen LogP contribution in [0, 0.1) is 10.1 Å². The van der Waals surface area contributed by atoms with E-state index in [9.17, 15) is 14.9 Å². The summed E-state index contributed by atoms with van der Waals surface area (Å²) in [5.41, 5.74) is 6.13. The number of nitro benzene ring substituents is 1. The Morgan fingerprint density at radius 2 is 2.21 bits per heavy atom. The lowest BCUT2D eigenvalue weighted by atomic mass is 9.87. The van der Waals surface area contributed by atoms with Gasteiger partial charge in [0.1, 0.15) is 5.69 Å². The van der Waals surface area contributed by atoms with Gasteiger partial charge in [0.15, 0.2) is 0 Å². The van der Waals surface area contributed by atoms with Gasteiger partial charge < -0.3 is 10.6 Å². The second-order valence-electron chi connectivity index (χ2n) is 5.15. The van der Waals surface area contributed by atoms with Gasteiger partial charge in [0, 0.05) is 22.5 Å². The zero-order valence-electron chi connectivity index (χ0n) is 10.6. The van der Waals surface area contributed by atoms with E-state index in [-0.39, 0.29) is 23.6 Å². The quantitative estimate of drug-likeness (QED) is 0.664. The normalized spacial score (nSPS) is 16.3. The number of amides is 1. The van der Waals surface area contributed by atoms with Gasteiger partial charge in [0.25, 0.3) is 5.69 Å². The molecule has 6 nitrogen and oxygen atoms in total. The highest BCUT2D eigenvalue weighted by Crippen LogP contribution is 2.47. The van der Waals surface area contributed by atoms with Gasteiger partial charge in [-0.05, 0) is 11.6 Å². The van der Waals surface area contributed by atoms with Gasteiger partial charge in [-0.15, -0.1) is 0 Å². The van der Waals surface area contributed by atoms with Crippen molar-refractivity contribution in [1.82, 2.24) is 0 Å². The number of carbonyl (C=O) groups is 1. The third-order valence-corrected chi connectivity index (χ3v) is 3.74. The summed E-state index contributed by atoms with van der Waals surface area (Å²) in [5.74, 6) is -0.308. The minimum atomic E-state index is -0.470. The predicted molar refractivity (Wildman–Crippen MR) is 75.2 cm³/mol. The largest absolute Gasteiger partial charge is 0.322 e. The summed E-state index contributed by atoms with van der Waals surface area (Å²) < 4.78 is 0.632. The Kier molecular flexibility index (Phi) is 3.36. The average Bonchev–Trinajstić information content (AvgIpc) is 2.59. The molecule has 0 aliphatic carbocycles. The van der Waals surface area contributed by atoms with Crippen LogP contribution in [0.1, 0.15) is 19.4 Å². The molecule has 102 valence electrons. The van der Waals surface area contributed by atoms with Crippen LogP contribution in [0.5, 0.6) is 0 Å². The van der Waals surface area contributed by atoms with Crippen molar-refractivity contribution >= 4 is 33.2 Å². The molecule has 19 heavy (non-hydrogen) atoms. The summed E-state index contributed by atoms with van der Waals surface area (Å²) in [6.45, 7) is 4.13. The summed E-state index contributed by atoms with van der Waals surface area (Å²) >= 11 is 3.28. The summed E-state index contributed by atoms with van der Waals surface area (Å²) in [6, 6.07) is 3.24. The van der Waals surface area contributed by atoms with Crippen LogP contribution in [0.15, 0.2) is 16.6 Å². The summed E-state index contributed by atoms with van der Waals surface area (Å²) in [4.78, 5) is 24.0. The van der Waals surface area contributed by atoms with E-state index in [1.807, 2.05) is 19.9 Å². The first-order chi connectivity index (χ1) is 8.77. The molecule has 1 aromatic rings. The lowest BCUT2D eigenvalue weighted by Crippen LogP contribution is -2.38. The molecule has 1 amide bonds. The first-order valence-corrected chi connectivity index (χ1v) is 6.56. The molecule has 0 bridgehead atoms. The first kappa shape index (κ1) is 14.0. The zero-order valence-corrected chi connectivity index (χ0v) is 12.2. The van der Waals surface area contributed by atoms with E-state index in [2.05, 4.69) is 15.9 Å². The van der Waals surface area contributed by atoms with Crippen LogP contribution < -0.4 is 10.6 Å². The molecule has 2 N–H and O–H groups in total. The molecule has 2 rings (SSSR count). The van der Waals surface area contributed by atoms with Crippen LogP contribution in [0.2, 0.25) is 0 Å². The van der Waals surface area contributed by atoms with E-state index in [4.69, 9.17) is 5.73 Å². The number of benzene rings is 1. The molecule has 1 heterocycles. The number of fused-ring (bicyclic) bond motifs is 1.